The number of rotatable bonds is 2. The minimum absolute atomic E-state index is 0.778. The van der Waals surface area contributed by atoms with Crippen LogP contribution in [-0.2, 0) is 9.52 Å². The van der Waals surface area contributed by atoms with Gasteiger partial charge in [0, 0.05) is 16.7 Å². The van der Waals surface area contributed by atoms with E-state index in [0.717, 1.165) is 21.0 Å². The maximum Gasteiger partial charge on any atom is 0.124 e. The molecule has 1 atom stereocenters. The summed E-state index contributed by atoms with van der Waals surface area (Å²) in [5.74, 6) is 3.72. The number of fused-ring (bicyclic) bond motifs is 1. The highest BCUT2D eigenvalue weighted by Crippen LogP contribution is 2.33. The van der Waals surface area contributed by atoms with Gasteiger partial charge in [0.1, 0.15) is 5.01 Å². The first-order valence-electron chi connectivity index (χ1n) is 6.66. The highest BCUT2D eigenvalue weighted by Gasteiger charge is 2.10. The molecule has 0 saturated carbocycles. The average molecular weight is 315 g/mol. The lowest BCUT2D eigenvalue weighted by Gasteiger charge is -2.03. The summed E-state index contributed by atoms with van der Waals surface area (Å²) in [6.45, 7) is 4.20. The number of benzene rings is 2. The van der Waals surface area contributed by atoms with E-state index in [1.807, 2.05) is 24.3 Å². The van der Waals surface area contributed by atoms with Gasteiger partial charge in [-0.3, -0.25) is 4.21 Å². The highest BCUT2D eigenvalue weighted by atomic mass is 32.2. The molecule has 1 unspecified atom stereocenters. The zero-order chi connectivity index (χ0) is 15.2. The Kier molecular flexibility index (Phi) is 3.38. The van der Waals surface area contributed by atoms with Gasteiger partial charge in [-0.05, 0) is 52.5 Å². The van der Waals surface area contributed by atoms with Gasteiger partial charge in [-0.15, -0.1) is 11.3 Å². The van der Waals surface area contributed by atoms with Crippen LogP contribution in [0.1, 0.15) is 11.1 Å². The number of aromatic nitrogens is 1. The summed E-state index contributed by atoms with van der Waals surface area (Å²) in [5, 5.41) is 1.00. The van der Waals surface area contributed by atoms with Crippen molar-refractivity contribution in [2.45, 2.75) is 18.7 Å². The molecule has 108 valence electrons. The Balaban J connectivity index is 2.13. The molecule has 0 aliphatic heterocycles. The van der Waals surface area contributed by atoms with Crippen molar-refractivity contribution in [2.75, 3.05) is 6.26 Å². The monoisotopic (exact) mass is 315 g/mol. The summed E-state index contributed by atoms with van der Waals surface area (Å²) in [6.07, 6.45) is 1.66. The summed E-state index contributed by atoms with van der Waals surface area (Å²) >= 11 is 1.71. The van der Waals surface area contributed by atoms with Crippen molar-refractivity contribution >= 4 is 36.9 Å². The molecule has 3 rings (SSSR count). The maximum absolute atomic E-state index is 11.9. The van der Waals surface area contributed by atoms with E-state index in [1.54, 1.807) is 17.6 Å². The van der Waals surface area contributed by atoms with E-state index in [4.69, 9.17) is 4.98 Å². The van der Waals surface area contributed by atoms with Gasteiger partial charge in [0.05, 0.1) is 10.2 Å². The van der Waals surface area contributed by atoms with Crippen LogP contribution < -0.4 is 0 Å². The van der Waals surface area contributed by atoms with E-state index in [2.05, 4.69) is 31.9 Å². The molecular formula is C17H17NOS2. The molecule has 0 fully saturated rings. The van der Waals surface area contributed by atoms with Crippen molar-refractivity contribution in [1.29, 1.82) is 0 Å². The Morgan fingerprint density at radius 3 is 2.24 bits per heavy atom. The molecule has 1 heterocycles. The molecule has 2 aromatic carbocycles. The van der Waals surface area contributed by atoms with Crippen LogP contribution in [-0.4, -0.2) is 21.3 Å². The molecule has 4 heteroatoms. The number of hydrogen-bond donors (Lipinski definition) is 0. The Bertz CT molecular complexity index is 880. The molecule has 0 bridgehead atoms. The van der Waals surface area contributed by atoms with Crippen molar-refractivity contribution < 1.29 is 4.21 Å². The molecular weight excluding hydrogens is 298 g/mol. The largest absolute Gasteiger partial charge is 0.263 e. The number of nitrogens with zero attached hydrogens (tertiary/aromatic N) is 1. The van der Waals surface area contributed by atoms with Crippen molar-refractivity contribution in [3.8, 4) is 10.6 Å². The van der Waals surface area contributed by atoms with E-state index in [9.17, 15) is 4.21 Å². The van der Waals surface area contributed by atoms with Crippen LogP contribution in [0.25, 0.3) is 20.8 Å². The van der Waals surface area contributed by atoms with Crippen molar-refractivity contribution in [3.05, 3.63) is 47.5 Å². The fraction of sp³-hybridized carbons (Fsp3) is 0.176. The first-order valence-corrected chi connectivity index (χ1v) is 9.61. The average Bonchev–Trinajstić information content (AvgIpc) is 2.89. The van der Waals surface area contributed by atoms with E-state index in [-0.39, 0.29) is 0 Å². The van der Waals surface area contributed by atoms with E-state index < -0.39 is 9.52 Å². The van der Waals surface area contributed by atoms with Crippen molar-refractivity contribution in [1.82, 2.24) is 4.98 Å². The summed E-state index contributed by atoms with van der Waals surface area (Å²) in [6, 6.07) is 12.0. The lowest BCUT2D eigenvalue weighted by molar-refractivity contribution is 0.685. The highest BCUT2D eigenvalue weighted by molar-refractivity contribution is 7.99. The molecule has 0 aliphatic rings. The van der Waals surface area contributed by atoms with Crippen LogP contribution in [0.2, 0.25) is 0 Å². The van der Waals surface area contributed by atoms with Gasteiger partial charge < -0.3 is 0 Å². The van der Waals surface area contributed by atoms with Gasteiger partial charge in [0.25, 0.3) is 0 Å². The smallest absolute Gasteiger partial charge is 0.124 e. The lowest BCUT2D eigenvalue weighted by atomic mass is 10.1. The van der Waals surface area contributed by atoms with Crippen molar-refractivity contribution in [3.63, 3.8) is 0 Å². The normalized spacial score (nSPS) is 14.2. The van der Waals surface area contributed by atoms with Crippen LogP contribution in [0.5, 0.6) is 0 Å². The molecule has 1 aromatic heterocycles. The van der Waals surface area contributed by atoms with Crippen molar-refractivity contribution in [2.24, 2.45) is 0 Å². The standard InChI is InChI=1S/C17H17NOS2/c1-11-5-6-12(2)16-15(11)18-17(20-16)13-7-9-14(10-8-13)21(3,4)19/h5-10H,3H2,1-2,4H3. The van der Waals surface area contributed by atoms with Crippen LogP contribution in [0.4, 0.5) is 0 Å². The molecule has 0 saturated heterocycles. The first kappa shape index (κ1) is 14.3. The number of aryl methyl sites for hydroxylation is 2. The van der Waals surface area contributed by atoms with E-state index in [0.29, 0.717) is 0 Å². The molecule has 2 nitrogen and oxygen atoms in total. The third-order valence-electron chi connectivity index (χ3n) is 3.54. The predicted molar refractivity (Wildman–Crippen MR) is 94.0 cm³/mol. The van der Waals surface area contributed by atoms with Gasteiger partial charge >= 0.3 is 0 Å². The van der Waals surface area contributed by atoms with Gasteiger partial charge in [-0.25, -0.2) is 4.98 Å². The number of thiazole rings is 1. The number of hydrogen-bond acceptors (Lipinski definition) is 3. The zero-order valence-corrected chi connectivity index (χ0v) is 14.0. The van der Waals surface area contributed by atoms with Crippen LogP contribution in [0.15, 0.2) is 41.3 Å². The molecule has 0 amide bonds. The van der Waals surface area contributed by atoms with E-state index >= 15 is 0 Å². The lowest BCUT2D eigenvalue weighted by Crippen LogP contribution is -1.95. The fourth-order valence-corrected chi connectivity index (χ4v) is 4.10. The SMILES string of the molecule is C=S(C)(=O)c1ccc(-c2nc3c(C)ccc(C)c3s2)cc1. The molecule has 21 heavy (non-hydrogen) atoms. The Labute approximate surface area is 129 Å². The summed E-state index contributed by atoms with van der Waals surface area (Å²) in [4.78, 5) is 5.54. The summed E-state index contributed by atoms with van der Waals surface area (Å²) in [5.41, 5.74) is 4.59. The third-order valence-corrected chi connectivity index (χ3v) is 6.05. The second-order valence-corrected chi connectivity index (χ2v) is 8.91. The predicted octanol–water partition coefficient (Wildman–Crippen LogP) is 4.29. The second kappa shape index (κ2) is 4.97. The Hall–Kier alpha value is -1.65. The Morgan fingerprint density at radius 2 is 1.67 bits per heavy atom. The minimum Gasteiger partial charge on any atom is -0.263 e. The third kappa shape index (κ3) is 2.61. The minimum atomic E-state index is -2.16. The summed E-state index contributed by atoms with van der Waals surface area (Å²) in [7, 11) is -2.16. The molecule has 0 N–H and O–H groups in total. The van der Waals surface area contributed by atoms with Gasteiger partial charge in [0.15, 0.2) is 0 Å². The fourth-order valence-electron chi connectivity index (χ4n) is 2.27. The Morgan fingerprint density at radius 1 is 1.05 bits per heavy atom. The molecule has 0 radical (unpaired) electrons. The van der Waals surface area contributed by atoms with Gasteiger partial charge in [0.2, 0.25) is 0 Å². The quantitative estimate of drug-likeness (QED) is 0.661. The van der Waals surface area contributed by atoms with E-state index in [1.165, 1.54) is 15.8 Å². The van der Waals surface area contributed by atoms with Gasteiger partial charge in [-0.2, -0.15) is 0 Å². The van der Waals surface area contributed by atoms with Crippen LogP contribution in [0, 0.1) is 13.8 Å². The second-order valence-electron chi connectivity index (χ2n) is 5.43. The first-order chi connectivity index (χ1) is 9.86. The molecule has 0 spiro atoms. The summed E-state index contributed by atoms with van der Waals surface area (Å²) < 4.78 is 13.2. The molecule has 0 aliphatic carbocycles. The molecule has 3 aromatic rings. The maximum atomic E-state index is 11.9. The zero-order valence-electron chi connectivity index (χ0n) is 12.3. The van der Waals surface area contributed by atoms with Gasteiger partial charge in [-0.1, -0.05) is 24.3 Å². The van der Waals surface area contributed by atoms with Crippen LogP contribution >= 0.6 is 11.3 Å². The topological polar surface area (TPSA) is 30.0 Å². The van der Waals surface area contributed by atoms with Crippen LogP contribution in [0.3, 0.4) is 0 Å².